The van der Waals surface area contributed by atoms with Gasteiger partial charge in [-0.2, -0.15) is 0 Å². The molecule has 0 aliphatic heterocycles. The van der Waals surface area contributed by atoms with Crippen molar-refractivity contribution in [1.82, 2.24) is 0 Å². The molecule has 3 heteroatoms. The van der Waals surface area contributed by atoms with E-state index in [1.54, 1.807) is 12.1 Å². The number of hydrogen-bond acceptors (Lipinski definition) is 1. The van der Waals surface area contributed by atoms with Gasteiger partial charge in [-0.3, -0.25) is 5.11 Å². The van der Waals surface area contributed by atoms with Gasteiger partial charge in [0.15, 0.2) is 5.75 Å². The molecule has 0 N–H and O–H groups in total. The Bertz CT molecular complexity index is 492. The minimum Gasteiger partial charge on any atom is -0.453 e. The summed E-state index contributed by atoms with van der Waals surface area (Å²) in [6, 6.07) is 10.5. The van der Waals surface area contributed by atoms with Crippen LogP contribution in [0.3, 0.4) is 0 Å². The Morgan fingerprint density at radius 3 is 2.44 bits per heavy atom. The molecule has 0 bridgehead atoms. The second kappa shape index (κ2) is 4.23. The van der Waals surface area contributed by atoms with Crippen molar-refractivity contribution >= 4 is 0 Å². The Morgan fingerprint density at radius 2 is 1.75 bits per heavy atom. The van der Waals surface area contributed by atoms with E-state index in [9.17, 15) is 9.50 Å². The Hall–Kier alpha value is -2.03. The molecule has 0 heterocycles. The Labute approximate surface area is 92.9 Å². The lowest BCUT2D eigenvalue weighted by molar-refractivity contribution is 0.327. The predicted molar refractivity (Wildman–Crippen MR) is 57.8 cm³/mol. The van der Waals surface area contributed by atoms with Crippen LogP contribution in [-0.4, -0.2) is 0 Å². The minimum atomic E-state index is -0.485. The molecule has 0 unspecified atom stereocenters. The lowest BCUT2D eigenvalue weighted by Gasteiger charge is -2.06. The van der Waals surface area contributed by atoms with Crippen LogP contribution in [0, 0.1) is 12.7 Å². The van der Waals surface area contributed by atoms with Crippen LogP contribution in [0.1, 0.15) is 5.56 Å². The fourth-order valence-electron chi connectivity index (χ4n) is 1.29. The van der Waals surface area contributed by atoms with Crippen LogP contribution >= 0.6 is 0 Å². The van der Waals surface area contributed by atoms with E-state index in [1.165, 1.54) is 0 Å². The van der Waals surface area contributed by atoms with Crippen molar-refractivity contribution in [1.29, 1.82) is 0 Å². The first kappa shape index (κ1) is 10.5. The maximum Gasteiger partial charge on any atom is 0.221 e. The van der Waals surface area contributed by atoms with Gasteiger partial charge in [0, 0.05) is 6.07 Å². The number of benzene rings is 2. The van der Waals surface area contributed by atoms with Gasteiger partial charge in [0.2, 0.25) is 5.75 Å². The van der Waals surface area contributed by atoms with Gasteiger partial charge < -0.3 is 4.74 Å². The van der Waals surface area contributed by atoms with Crippen LogP contribution in [-0.2, 0) is 5.11 Å². The van der Waals surface area contributed by atoms with Crippen LogP contribution in [0.25, 0.3) is 0 Å². The van der Waals surface area contributed by atoms with Crippen LogP contribution in [0.4, 0.5) is 4.39 Å². The van der Waals surface area contributed by atoms with E-state index < -0.39 is 5.82 Å². The van der Waals surface area contributed by atoms with Crippen molar-refractivity contribution in [3.8, 4) is 17.2 Å². The Morgan fingerprint density at radius 1 is 1.06 bits per heavy atom. The number of halogens is 1. The molecule has 81 valence electrons. The zero-order valence-electron chi connectivity index (χ0n) is 8.74. The Balaban J connectivity index is 2.26. The van der Waals surface area contributed by atoms with Gasteiger partial charge in [-0.05, 0) is 31.2 Å². The Kier molecular flexibility index (Phi) is 2.77. The van der Waals surface area contributed by atoms with Crippen LogP contribution in [0.5, 0.6) is 17.2 Å². The summed E-state index contributed by atoms with van der Waals surface area (Å²) in [7, 11) is 0. The second-order valence-corrected chi connectivity index (χ2v) is 3.51. The molecule has 0 spiro atoms. The van der Waals surface area contributed by atoms with Gasteiger partial charge >= 0.3 is 0 Å². The lowest BCUT2D eigenvalue weighted by Crippen LogP contribution is -1.85. The first-order valence-corrected chi connectivity index (χ1v) is 4.86. The lowest BCUT2D eigenvalue weighted by atomic mass is 10.2. The summed E-state index contributed by atoms with van der Waals surface area (Å²) >= 11 is 0. The van der Waals surface area contributed by atoms with Crippen LogP contribution in [0.2, 0.25) is 0 Å². The van der Waals surface area contributed by atoms with E-state index in [-0.39, 0.29) is 11.5 Å². The molecule has 0 aliphatic rings. The third-order valence-corrected chi connectivity index (χ3v) is 2.15. The standard InChI is InChI=1S/C13H10FO2/c1-9-2-5-11(6-3-9)16-13-8-10(14)4-7-12(13)15/h2-8H,1H3. The first-order valence-electron chi connectivity index (χ1n) is 4.86. The number of hydrogen-bond donors (Lipinski definition) is 0. The maximum atomic E-state index is 12.9. The number of aryl methyl sites for hydroxylation is 1. The van der Waals surface area contributed by atoms with E-state index in [4.69, 9.17) is 4.74 Å². The predicted octanol–water partition coefficient (Wildman–Crippen LogP) is 4.07. The molecule has 0 aromatic heterocycles. The molecule has 16 heavy (non-hydrogen) atoms. The molecule has 0 saturated carbocycles. The highest BCUT2D eigenvalue weighted by Gasteiger charge is 2.06. The number of rotatable bonds is 2. The first-order chi connectivity index (χ1) is 7.65. The van der Waals surface area contributed by atoms with Crippen LogP contribution < -0.4 is 4.74 Å². The van der Waals surface area contributed by atoms with Crippen molar-refractivity contribution in [3.05, 3.63) is 53.8 Å². The van der Waals surface area contributed by atoms with E-state index >= 15 is 0 Å². The van der Waals surface area contributed by atoms with E-state index in [0.29, 0.717) is 5.75 Å². The molecule has 0 amide bonds. The molecule has 2 rings (SSSR count). The summed E-state index contributed by atoms with van der Waals surface area (Å²) in [4.78, 5) is 0. The fraction of sp³-hybridized carbons (Fsp3) is 0.0769. The average Bonchev–Trinajstić information content (AvgIpc) is 2.27. The zero-order chi connectivity index (χ0) is 11.5. The molecular formula is C13H10FO2. The van der Waals surface area contributed by atoms with E-state index in [2.05, 4.69) is 0 Å². The molecule has 2 aromatic carbocycles. The monoisotopic (exact) mass is 217 g/mol. The van der Waals surface area contributed by atoms with Crippen molar-refractivity contribution in [2.24, 2.45) is 0 Å². The zero-order valence-corrected chi connectivity index (χ0v) is 8.74. The second-order valence-electron chi connectivity index (χ2n) is 3.51. The fourth-order valence-corrected chi connectivity index (χ4v) is 1.29. The molecule has 0 fully saturated rings. The minimum absolute atomic E-state index is 0.00357. The summed E-state index contributed by atoms with van der Waals surface area (Å²) < 4.78 is 18.2. The molecular weight excluding hydrogens is 207 g/mol. The quantitative estimate of drug-likeness (QED) is 0.745. The van der Waals surface area contributed by atoms with Gasteiger partial charge in [0.05, 0.1) is 0 Å². The smallest absolute Gasteiger partial charge is 0.221 e. The molecule has 2 aromatic rings. The van der Waals surface area contributed by atoms with Gasteiger partial charge in [-0.15, -0.1) is 0 Å². The SMILES string of the molecule is Cc1ccc(Oc2cc(F)ccc2[O])cc1. The number of ether oxygens (including phenoxy) is 1. The van der Waals surface area contributed by atoms with Gasteiger partial charge in [-0.1, -0.05) is 17.7 Å². The molecule has 1 radical (unpaired) electrons. The van der Waals surface area contributed by atoms with Crippen molar-refractivity contribution in [2.75, 3.05) is 0 Å². The average molecular weight is 217 g/mol. The third kappa shape index (κ3) is 2.31. The molecule has 2 nitrogen and oxygen atoms in total. The largest absolute Gasteiger partial charge is 0.453 e. The van der Waals surface area contributed by atoms with Crippen molar-refractivity contribution in [3.63, 3.8) is 0 Å². The maximum absolute atomic E-state index is 12.9. The van der Waals surface area contributed by atoms with Crippen molar-refractivity contribution < 1.29 is 14.2 Å². The highest BCUT2D eigenvalue weighted by Crippen LogP contribution is 2.31. The summed E-state index contributed by atoms with van der Waals surface area (Å²) in [5.74, 6) is -0.291. The third-order valence-electron chi connectivity index (χ3n) is 2.15. The topological polar surface area (TPSA) is 29.1 Å². The molecule has 0 aliphatic carbocycles. The van der Waals surface area contributed by atoms with Crippen molar-refractivity contribution in [2.45, 2.75) is 6.92 Å². The van der Waals surface area contributed by atoms with E-state index in [1.807, 2.05) is 19.1 Å². The molecule has 0 atom stereocenters. The summed E-state index contributed by atoms with van der Waals surface area (Å²) in [5, 5.41) is 11.4. The normalized spacial score (nSPS) is 10.1. The highest BCUT2D eigenvalue weighted by molar-refractivity contribution is 5.42. The summed E-state index contributed by atoms with van der Waals surface area (Å²) in [6.45, 7) is 1.95. The van der Waals surface area contributed by atoms with E-state index in [0.717, 1.165) is 23.8 Å². The molecule has 0 saturated heterocycles. The van der Waals surface area contributed by atoms with Gasteiger partial charge in [0.1, 0.15) is 11.6 Å². The van der Waals surface area contributed by atoms with Gasteiger partial charge in [-0.25, -0.2) is 4.39 Å². The highest BCUT2D eigenvalue weighted by atomic mass is 19.1. The van der Waals surface area contributed by atoms with Crippen LogP contribution in [0.15, 0.2) is 42.5 Å². The van der Waals surface area contributed by atoms with Gasteiger partial charge in [0.25, 0.3) is 0 Å². The summed E-state index contributed by atoms with van der Waals surface area (Å²) in [6.07, 6.45) is 0. The summed E-state index contributed by atoms with van der Waals surface area (Å²) in [5.41, 5.74) is 1.09.